The van der Waals surface area contributed by atoms with Crippen molar-refractivity contribution in [3.8, 4) is 0 Å². The predicted octanol–water partition coefficient (Wildman–Crippen LogP) is 4.79. The zero-order chi connectivity index (χ0) is 19.6. The second kappa shape index (κ2) is 7.84. The summed E-state index contributed by atoms with van der Waals surface area (Å²) in [5.74, 6) is -0.415. The van der Waals surface area contributed by atoms with Crippen LogP contribution in [0.2, 0.25) is 0 Å². The zero-order valence-corrected chi connectivity index (χ0v) is 16.7. The van der Waals surface area contributed by atoms with Crippen molar-refractivity contribution in [1.82, 2.24) is 10.3 Å². The van der Waals surface area contributed by atoms with Crippen molar-refractivity contribution in [2.75, 3.05) is 0 Å². The Balaban J connectivity index is 1.86. The Bertz CT molecular complexity index is 990. The summed E-state index contributed by atoms with van der Waals surface area (Å²) in [7, 11) is 0. The third kappa shape index (κ3) is 4.14. The van der Waals surface area contributed by atoms with Gasteiger partial charge in [0.25, 0.3) is 5.91 Å². The van der Waals surface area contributed by atoms with Gasteiger partial charge < -0.3 is 5.32 Å². The first-order valence-electron chi connectivity index (χ1n) is 8.82. The molecule has 1 atom stereocenters. The zero-order valence-electron chi connectivity index (χ0n) is 15.9. The maximum atomic E-state index is 12.9. The molecule has 1 unspecified atom stereocenters. The Hall–Kier alpha value is -2.79. The molecule has 0 fully saturated rings. The fraction of sp³-hybridized carbons (Fsp3) is 0.227. The van der Waals surface area contributed by atoms with Gasteiger partial charge in [-0.25, -0.2) is 4.98 Å². The number of thiazole rings is 1. The maximum absolute atomic E-state index is 12.9. The molecule has 4 nitrogen and oxygen atoms in total. The summed E-state index contributed by atoms with van der Waals surface area (Å²) in [6.45, 7) is 7.80. The van der Waals surface area contributed by atoms with Crippen LogP contribution in [-0.4, -0.2) is 16.7 Å². The van der Waals surface area contributed by atoms with E-state index in [-0.39, 0.29) is 17.7 Å². The van der Waals surface area contributed by atoms with Gasteiger partial charge >= 0.3 is 0 Å². The van der Waals surface area contributed by atoms with Crippen LogP contribution in [0.4, 0.5) is 0 Å². The highest BCUT2D eigenvalue weighted by molar-refractivity contribution is 7.11. The molecule has 0 aliphatic rings. The number of benzene rings is 2. The van der Waals surface area contributed by atoms with E-state index in [1.807, 2.05) is 39.8 Å². The number of hydrogen-bond acceptors (Lipinski definition) is 4. The lowest BCUT2D eigenvalue weighted by Gasteiger charge is -2.15. The van der Waals surface area contributed by atoms with Crippen molar-refractivity contribution in [3.05, 3.63) is 86.4 Å². The summed E-state index contributed by atoms with van der Waals surface area (Å²) in [6.07, 6.45) is 0. The minimum atomic E-state index is -0.260. The minimum Gasteiger partial charge on any atom is -0.345 e. The number of carbonyl (C=O) groups is 2. The normalized spacial score (nSPS) is 11.9. The van der Waals surface area contributed by atoms with Gasteiger partial charge in [0.05, 0.1) is 22.3 Å². The van der Waals surface area contributed by atoms with Gasteiger partial charge in [-0.15, -0.1) is 11.3 Å². The predicted molar refractivity (Wildman–Crippen MR) is 109 cm³/mol. The van der Waals surface area contributed by atoms with Crippen LogP contribution in [0.1, 0.15) is 60.4 Å². The van der Waals surface area contributed by atoms with E-state index < -0.39 is 0 Å². The van der Waals surface area contributed by atoms with Crippen LogP contribution in [0.5, 0.6) is 0 Å². The molecule has 0 bridgehead atoms. The number of nitrogens with one attached hydrogen (secondary N) is 1. The lowest BCUT2D eigenvalue weighted by atomic mass is 9.97. The fourth-order valence-corrected chi connectivity index (χ4v) is 3.96. The molecule has 0 saturated carbocycles. The van der Waals surface area contributed by atoms with Gasteiger partial charge in [-0.1, -0.05) is 48.0 Å². The van der Waals surface area contributed by atoms with Crippen LogP contribution >= 0.6 is 11.3 Å². The van der Waals surface area contributed by atoms with Crippen LogP contribution in [-0.2, 0) is 0 Å². The Morgan fingerprint density at radius 2 is 1.59 bits per heavy atom. The van der Waals surface area contributed by atoms with Crippen molar-refractivity contribution >= 4 is 23.0 Å². The highest BCUT2D eigenvalue weighted by Gasteiger charge is 2.21. The average Bonchev–Trinajstić information content (AvgIpc) is 3.00. The molecular formula is C22H22N2O2S. The van der Waals surface area contributed by atoms with E-state index in [1.165, 1.54) is 0 Å². The molecule has 138 valence electrons. The largest absolute Gasteiger partial charge is 0.345 e. The number of carbonyl (C=O) groups excluding carboxylic acids is 2. The Morgan fingerprint density at radius 1 is 0.963 bits per heavy atom. The maximum Gasteiger partial charge on any atom is 0.252 e. The van der Waals surface area contributed by atoms with Gasteiger partial charge in [-0.05, 0) is 33.8 Å². The van der Waals surface area contributed by atoms with E-state index in [4.69, 9.17) is 0 Å². The van der Waals surface area contributed by atoms with Crippen LogP contribution in [0, 0.1) is 20.8 Å². The monoisotopic (exact) mass is 378 g/mol. The third-order valence-corrected chi connectivity index (χ3v) is 5.67. The van der Waals surface area contributed by atoms with E-state index in [9.17, 15) is 9.59 Å². The standard InChI is InChI=1S/C22H22N2O2S/c1-13-9-11-17(12-10-13)20(25)18-7-5-6-8-19(18)22(26)24-15(3)21-14(2)23-16(4)27-21/h5-12,15H,1-4H3,(H,24,26). The molecule has 0 spiro atoms. The van der Waals surface area contributed by atoms with E-state index in [0.717, 1.165) is 21.1 Å². The lowest BCUT2D eigenvalue weighted by Crippen LogP contribution is -2.28. The summed E-state index contributed by atoms with van der Waals surface area (Å²) >= 11 is 1.58. The molecule has 5 heteroatoms. The van der Waals surface area contributed by atoms with Crippen molar-refractivity contribution in [2.24, 2.45) is 0 Å². The highest BCUT2D eigenvalue weighted by atomic mass is 32.1. The number of hydrogen-bond donors (Lipinski definition) is 1. The van der Waals surface area contributed by atoms with E-state index in [0.29, 0.717) is 16.7 Å². The smallest absolute Gasteiger partial charge is 0.252 e. The first-order valence-corrected chi connectivity index (χ1v) is 9.63. The second-order valence-electron chi connectivity index (χ2n) is 6.62. The number of ketones is 1. The molecule has 3 aromatic rings. The Kier molecular flexibility index (Phi) is 5.51. The van der Waals surface area contributed by atoms with E-state index >= 15 is 0 Å². The quantitative estimate of drug-likeness (QED) is 0.649. The van der Waals surface area contributed by atoms with E-state index in [2.05, 4.69) is 10.3 Å². The molecule has 1 aromatic heterocycles. The number of amides is 1. The van der Waals surface area contributed by atoms with Crippen LogP contribution in [0.3, 0.4) is 0 Å². The number of rotatable bonds is 5. The summed E-state index contributed by atoms with van der Waals surface area (Å²) in [6, 6.07) is 14.1. The van der Waals surface area contributed by atoms with Crippen molar-refractivity contribution < 1.29 is 9.59 Å². The fourth-order valence-electron chi connectivity index (χ4n) is 3.03. The van der Waals surface area contributed by atoms with Crippen molar-refractivity contribution in [1.29, 1.82) is 0 Å². The molecule has 2 aromatic carbocycles. The number of nitrogens with zero attached hydrogens (tertiary/aromatic N) is 1. The second-order valence-corrected chi connectivity index (χ2v) is 7.85. The van der Waals surface area contributed by atoms with Gasteiger partial charge in [0.15, 0.2) is 5.78 Å². The Morgan fingerprint density at radius 3 is 2.19 bits per heavy atom. The molecule has 1 amide bonds. The SMILES string of the molecule is Cc1ccc(C(=O)c2ccccc2C(=O)NC(C)c2sc(C)nc2C)cc1. The minimum absolute atomic E-state index is 0.154. The molecule has 1 heterocycles. The summed E-state index contributed by atoms with van der Waals surface area (Å²) in [5, 5.41) is 3.97. The van der Waals surface area contributed by atoms with Crippen molar-refractivity contribution in [2.45, 2.75) is 33.7 Å². The number of aryl methyl sites for hydroxylation is 3. The molecule has 1 N–H and O–H groups in total. The molecule has 0 radical (unpaired) electrons. The molecule has 0 saturated heterocycles. The van der Waals surface area contributed by atoms with E-state index in [1.54, 1.807) is 47.7 Å². The molecule has 3 rings (SSSR count). The first kappa shape index (κ1) is 19.0. The molecule has 27 heavy (non-hydrogen) atoms. The molecular weight excluding hydrogens is 356 g/mol. The summed E-state index contributed by atoms with van der Waals surface area (Å²) in [4.78, 5) is 31.2. The average molecular weight is 378 g/mol. The summed E-state index contributed by atoms with van der Waals surface area (Å²) in [5.41, 5.74) is 3.37. The Labute approximate surface area is 163 Å². The molecule has 0 aliphatic carbocycles. The first-order chi connectivity index (χ1) is 12.9. The summed E-state index contributed by atoms with van der Waals surface area (Å²) < 4.78 is 0. The van der Waals surface area contributed by atoms with Gasteiger partial charge in [0.2, 0.25) is 0 Å². The molecule has 0 aliphatic heterocycles. The van der Waals surface area contributed by atoms with Gasteiger partial charge in [0.1, 0.15) is 0 Å². The lowest BCUT2D eigenvalue weighted by molar-refractivity contribution is 0.0930. The van der Waals surface area contributed by atoms with Crippen LogP contribution in [0.15, 0.2) is 48.5 Å². The van der Waals surface area contributed by atoms with Crippen molar-refractivity contribution in [3.63, 3.8) is 0 Å². The van der Waals surface area contributed by atoms with Crippen LogP contribution < -0.4 is 5.32 Å². The van der Waals surface area contributed by atoms with Gasteiger partial charge in [0, 0.05) is 16.0 Å². The topological polar surface area (TPSA) is 59.1 Å². The highest BCUT2D eigenvalue weighted by Crippen LogP contribution is 2.25. The number of aromatic nitrogens is 1. The van der Waals surface area contributed by atoms with Gasteiger partial charge in [-0.2, -0.15) is 0 Å². The van der Waals surface area contributed by atoms with Crippen LogP contribution in [0.25, 0.3) is 0 Å². The third-order valence-electron chi connectivity index (χ3n) is 4.41. The van der Waals surface area contributed by atoms with Gasteiger partial charge in [-0.3, -0.25) is 9.59 Å².